The Morgan fingerprint density at radius 1 is 0.647 bits per heavy atom. The van der Waals surface area contributed by atoms with E-state index in [2.05, 4.69) is 0 Å². The Labute approximate surface area is 193 Å². The molecule has 13 atom stereocenters. The lowest BCUT2D eigenvalue weighted by Crippen LogP contribution is -2.62. The molecule has 0 aliphatic carbocycles. The molecule has 0 saturated carbocycles. The van der Waals surface area contributed by atoms with Crippen molar-refractivity contribution in [3.63, 3.8) is 0 Å². The van der Waals surface area contributed by atoms with Crippen LogP contribution in [0.4, 0.5) is 0 Å². The molecule has 3 fully saturated rings. The predicted molar refractivity (Wildman–Crippen MR) is 103 cm³/mol. The van der Waals surface area contributed by atoms with E-state index >= 15 is 0 Å². The topological polar surface area (TPSA) is 280 Å². The van der Waals surface area contributed by atoms with Gasteiger partial charge < -0.3 is 80.2 Å². The van der Waals surface area contributed by atoms with Crippen molar-refractivity contribution in [3.05, 3.63) is 0 Å². The van der Waals surface area contributed by atoms with E-state index < -0.39 is 99.0 Å². The summed E-state index contributed by atoms with van der Waals surface area (Å²) in [6, 6.07) is 0. The van der Waals surface area contributed by atoms with Gasteiger partial charge in [0.2, 0.25) is 5.79 Å². The van der Waals surface area contributed by atoms with E-state index in [4.69, 9.17) is 49.6 Å². The van der Waals surface area contributed by atoms with E-state index in [1.807, 2.05) is 0 Å². The number of rotatable bonds is 6. The van der Waals surface area contributed by atoms with Crippen molar-refractivity contribution >= 4 is 0 Å². The fourth-order valence-corrected chi connectivity index (χ4v) is 3.66. The van der Waals surface area contributed by atoms with Crippen LogP contribution in [0.25, 0.3) is 0 Å². The fraction of sp³-hybridized carbons (Fsp3) is 1.00. The maximum absolute atomic E-state index is 10.00. The zero-order valence-corrected chi connectivity index (χ0v) is 18.0. The van der Waals surface area contributed by atoms with E-state index in [9.17, 15) is 30.6 Å². The molecule has 12 N–H and O–H groups in total. The molecule has 3 aliphatic rings. The van der Waals surface area contributed by atoms with Crippen molar-refractivity contribution in [2.24, 2.45) is 0 Å². The quantitative estimate of drug-likeness (QED) is 0.159. The van der Waals surface area contributed by atoms with Gasteiger partial charge in [0.25, 0.3) is 0 Å². The van der Waals surface area contributed by atoms with E-state index in [0.717, 1.165) is 0 Å². The van der Waals surface area contributed by atoms with Crippen molar-refractivity contribution in [2.75, 3.05) is 33.0 Å². The van der Waals surface area contributed by atoms with Crippen LogP contribution in [0.2, 0.25) is 0 Å². The lowest BCUT2D eigenvalue weighted by Gasteiger charge is -2.43. The predicted octanol–water partition coefficient (Wildman–Crippen LogP) is -7.94. The van der Waals surface area contributed by atoms with Gasteiger partial charge in [0.1, 0.15) is 73.8 Å². The Bertz CT molecular complexity index is 609. The first-order valence-electron chi connectivity index (χ1n) is 10.5. The SMILES string of the molecule is OC[C@H]1OC[C@H](O)[C@@H](O)[C@@H]1O.OC[C@H]1O[C@@](CO)(O[C@H]2O[C@H](CO)[C@@H](O)[C@H](O)[C@H]2O)[C@@H](O)[C@@H]1O. The largest absolute Gasteiger partial charge is 0.394 e. The van der Waals surface area contributed by atoms with E-state index in [-0.39, 0.29) is 13.2 Å². The summed E-state index contributed by atoms with van der Waals surface area (Å²) >= 11 is 0. The summed E-state index contributed by atoms with van der Waals surface area (Å²) in [5, 5.41) is 112. The normalized spacial score (nSPS) is 49.4. The highest BCUT2D eigenvalue weighted by Crippen LogP contribution is 2.35. The van der Waals surface area contributed by atoms with Gasteiger partial charge in [0.05, 0.1) is 26.4 Å². The summed E-state index contributed by atoms with van der Waals surface area (Å²) in [4.78, 5) is 0. The fourth-order valence-electron chi connectivity index (χ4n) is 3.66. The summed E-state index contributed by atoms with van der Waals surface area (Å²) < 4.78 is 20.3. The maximum atomic E-state index is 10.00. The molecule has 0 spiro atoms. The molecule has 0 bridgehead atoms. The van der Waals surface area contributed by atoms with Gasteiger partial charge in [-0.15, -0.1) is 0 Å². The number of ether oxygens (including phenoxy) is 4. The highest BCUT2D eigenvalue weighted by atomic mass is 16.8. The third kappa shape index (κ3) is 6.01. The van der Waals surface area contributed by atoms with Crippen molar-refractivity contribution in [3.8, 4) is 0 Å². The average Bonchev–Trinajstić information content (AvgIpc) is 3.08. The van der Waals surface area contributed by atoms with Crippen LogP contribution in [-0.4, -0.2) is 174 Å². The van der Waals surface area contributed by atoms with Gasteiger partial charge in [0, 0.05) is 0 Å². The van der Waals surface area contributed by atoms with Crippen LogP contribution in [0.15, 0.2) is 0 Å². The zero-order chi connectivity index (χ0) is 25.8. The summed E-state index contributed by atoms with van der Waals surface area (Å²) in [6.45, 7) is -2.73. The summed E-state index contributed by atoms with van der Waals surface area (Å²) in [5.41, 5.74) is 0. The van der Waals surface area contributed by atoms with Gasteiger partial charge in [-0.2, -0.15) is 0 Å². The van der Waals surface area contributed by atoms with Crippen LogP contribution in [0.1, 0.15) is 0 Å². The first kappa shape index (κ1) is 29.6. The van der Waals surface area contributed by atoms with Crippen LogP contribution < -0.4 is 0 Å². The molecule has 202 valence electrons. The highest BCUT2D eigenvalue weighted by Gasteiger charge is 2.58. The minimum absolute atomic E-state index is 0.0521. The van der Waals surface area contributed by atoms with E-state index in [1.165, 1.54) is 0 Å². The Morgan fingerprint density at radius 2 is 1.21 bits per heavy atom. The molecule has 0 radical (unpaired) electrons. The molecule has 3 heterocycles. The first-order chi connectivity index (χ1) is 16.0. The highest BCUT2D eigenvalue weighted by molar-refractivity contribution is 4.98. The Hall–Kier alpha value is -0.640. The summed E-state index contributed by atoms with van der Waals surface area (Å²) in [5.74, 6) is -2.22. The van der Waals surface area contributed by atoms with Gasteiger partial charge in [-0.25, -0.2) is 0 Å². The summed E-state index contributed by atoms with van der Waals surface area (Å²) in [7, 11) is 0. The molecular weight excluding hydrogens is 472 g/mol. The lowest BCUT2D eigenvalue weighted by molar-refractivity contribution is -0.383. The maximum Gasteiger partial charge on any atom is 0.224 e. The standard InChI is InChI=1S/C12H22O11.C6H12O5/c13-1-4-6(16)8(18)9(19)11(21-4)23-12(3-15)10(20)7(17)5(2-14)22-12;7-1-4-6(10)5(9)3(8)2-11-4/h4-11,13-20H,1-3H2;3-10H,1-2H2/t4-,5-,6-,7-,8+,9-,10+,11-,12+;3-,4+,5+,6+/m10/s1. The molecule has 0 aromatic heterocycles. The second-order valence-corrected chi connectivity index (χ2v) is 8.16. The average molecular weight is 506 g/mol. The molecule has 0 amide bonds. The van der Waals surface area contributed by atoms with E-state index in [0.29, 0.717) is 0 Å². The molecule has 3 aliphatic heterocycles. The molecule has 0 aromatic rings. The molecule has 0 unspecified atom stereocenters. The van der Waals surface area contributed by atoms with Crippen LogP contribution in [0.5, 0.6) is 0 Å². The van der Waals surface area contributed by atoms with Gasteiger partial charge in [-0.05, 0) is 0 Å². The van der Waals surface area contributed by atoms with Crippen molar-refractivity contribution in [1.29, 1.82) is 0 Å². The van der Waals surface area contributed by atoms with Crippen LogP contribution >= 0.6 is 0 Å². The van der Waals surface area contributed by atoms with Gasteiger partial charge >= 0.3 is 0 Å². The molecular formula is C18H34O16. The molecule has 16 heteroatoms. The second kappa shape index (κ2) is 12.5. The minimum Gasteiger partial charge on any atom is -0.394 e. The molecule has 0 aromatic carbocycles. The lowest BCUT2D eigenvalue weighted by atomic mass is 9.99. The molecule has 16 nitrogen and oxygen atoms in total. The summed E-state index contributed by atoms with van der Waals surface area (Å²) in [6.07, 6.45) is -16.9. The van der Waals surface area contributed by atoms with Gasteiger partial charge in [-0.1, -0.05) is 0 Å². The van der Waals surface area contributed by atoms with Crippen molar-refractivity contribution < 1.29 is 80.2 Å². The molecule has 34 heavy (non-hydrogen) atoms. The number of aliphatic hydroxyl groups is 12. The first-order valence-corrected chi connectivity index (χ1v) is 10.5. The minimum atomic E-state index is -2.22. The molecule has 3 saturated heterocycles. The number of hydrogen-bond acceptors (Lipinski definition) is 16. The van der Waals surface area contributed by atoms with Crippen molar-refractivity contribution in [2.45, 2.75) is 79.2 Å². The Morgan fingerprint density at radius 3 is 1.71 bits per heavy atom. The Balaban J connectivity index is 0.000000310. The Kier molecular flexibility index (Phi) is 10.9. The number of hydrogen-bond donors (Lipinski definition) is 12. The second-order valence-electron chi connectivity index (χ2n) is 8.16. The van der Waals surface area contributed by atoms with E-state index in [1.54, 1.807) is 0 Å². The number of aliphatic hydroxyl groups excluding tert-OH is 12. The van der Waals surface area contributed by atoms with Crippen LogP contribution in [-0.2, 0) is 18.9 Å². The smallest absolute Gasteiger partial charge is 0.224 e. The zero-order valence-electron chi connectivity index (χ0n) is 18.0. The monoisotopic (exact) mass is 506 g/mol. The molecule has 3 rings (SSSR count). The third-order valence-electron chi connectivity index (χ3n) is 5.86. The van der Waals surface area contributed by atoms with Gasteiger partial charge in [0.15, 0.2) is 6.29 Å². The third-order valence-corrected chi connectivity index (χ3v) is 5.86. The van der Waals surface area contributed by atoms with Gasteiger partial charge in [-0.3, -0.25) is 0 Å². The van der Waals surface area contributed by atoms with Crippen LogP contribution in [0, 0.1) is 0 Å². The van der Waals surface area contributed by atoms with Crippen LogP contribution in [0.3, 0.4) is 0 Å². The van der Waals surface area contributed by atoms with Crippen molar-refractivity contribution in [1.82, 2.24) is 0 Å².